The summed E-state index contributed by atoms with van der Waals surface area (Å²) in [7, 11) is 0. The van der Waals surface area contributed by atoms with Gasteiger partial charge in [-0.1, -0.05) is 35.9 Å². The van der Waals surface area contributed by atoms with E-state index >= 15 is 0 Å². The molecule has 0 aliphatic carbocycles. The van der Waals surface area contributed by atoms with Crippen molar-refractivity contribution in [1.29, 1.82) is 0 Å². The summed E-state index contributed by atoms with van der Waals surface area (Å²) in [6.07, 6.45) is 0.0503. The second-order valence-electron chi connectivity index (χ2n) is 5.69. The van der Waals surface area contributed by atoms with Gasteiger partial charge >= 0.3 is 0 Å². The molecule has 26 heavy (non-hydrogen) atoms. The van der Waals surface area contributed by atoms with Crippen molar-refractivity contribution in [3.63, 3.8) is 0 Å². The summed E-state index contributed by atoms with van der Waals surface area (Å²) in [4.78, 5) is 35.7. The van der Waals surface area contributed by atoms with Gasteiger partial charge in [0.25, 0.3) is 0 Å². The second kappa shape index (κ2) is 9.10. The molecule has 0 saturated heterocycles. The van der Waals surface area contributed by atoms with Gasteiger partial charge in [-0.3, -0.25) is 14.4 Å². The number of nitrogens with one attached hydrogen (secondary N) is 2. The number of benzene rings is 2. The predicted octanol–water partition coefficient (Wildman–Crippen LogP) is 3.51. The van der Waals surface area contributed by atoms with E-state index in [1.165, 1.54) is 12.1 Å². The van der Waals surface area contributed by atoms with Gasteiger partial charge < -0.3 is 10.6 Å². The van der Waals surface area contributed by atoms with Crippen molar-refractivity contribution in [3.8, 4) is 0 Å². The molecule has 0 aromatic heterocycles. The van der Waals surface area contributed by atoms with Crippen LogP contribution in [0.5, 0.6) is 0 Å². The molecule has 2 aromatic rings. The van der Waals surface area contributed by atoms with E-state index in [0.717, 1.165) is 11.6 Å². The fraction of sp³-hybridized carbons (Fsp3) is 0.211. The molecule has 5 nitrogen and oxygen atoms in total. The Labute approximate surface area is 155 Å². The maximum Gasteiger partial charge on any atom is 0.243 e. The van der Waals surface area contributed by atoms with Crippen LogP contribution in [0.15, 0.2) is 42.5 Å². The average molecular weight is 377 g/mol. The highest BCUT2D eigenvalue weighted by molar-refractivity contribution is 6.31. The minimum absolute atomic E-state index is 0.0111. The average Bonchev–Trinajstić information content (AvgIpc) is 2.61. The minimum Gasteiger partial charge on any atom is -0.347 e. The Morgan fingerprint density at radius 1 is 1.04 bits per heavy atom. The smallest absolute Gasteiger partial charge is 0.243 e. The molecule has 2 rings (SSSR count). The fourth-order valence-electron chi connectivity index (χ4n) is 2.29. The quantitative estimate of drug-likeness (QED) is 0.726. The summed E-state index contributed by atoms with van der Waals surface area (Å²) in [5.74, 6) is -1.59. The molecule has 0 aliphatic heterocycles. The van der Waals surface area contributed by atoms with Gasteiger partial charge in [0, 0.05) is 24.1 Å². The monoisotopic (exact) mass is 376 g/mol. The number of carbonyl (C=O) groups is 3. The van der Waals surface area contributed by atoms with E-state index in [1.807, 2.05) is 19.1 Å². The maximum absolute atomic E-state index is 13.1. The lowest BCUT2D eigenvalue weighted by atomic mass is 10.0. The van der Waals surface area contributed by atoms with Crippen LogP contribution < -0.4 is 10.6 Å². The third-order valence-electron chi connectivity index (χ3n) is 3.67. The third kappa shape index (κ3) is 5.67. The normalized spacial score (nSPS) is 10.3. The third-order valence-corrected chi connectivity index (χ3v) is 3.96. The number of hydrogen-bond acceptors (Lipinski definition) is 3. The van der Waals surface area contributed by atoms with Gasteiger partial charge in [-0.15, -0.1) is 0 Å². The van der Waals surface area contributed by atoms with E-state index in [0.29, 0.717) is 11.3 Å². The van der Waals surface area contributed by atoms with Crippen molar-refractivity contribution >= 4 is 34.9 Å². The Balaban J connectivity index is 1.76. The summed E-state index contributed by atoms with van der Waals surface area (Å²) in [6.45, 7) is 1.58. The Morgan fingerprint density at radius 2 is 1.77 bits per heavy atom. The van der Waals surface area contributed by atoms with Gasteiger partial charge in [0.1, 0.15) is 5.82 Å². The number of aryl methyl sites for hydroxylation is 1. The molecular weight excluding hydrogens is 359 g/mol. The highest BCUT2D eigenvalue weighted by atomic mass is 35.5. The SMILES string of the molecule is Cc1ccccc1C(=O)CCC(=O)NCC(=O)Nc1ccc(F)c(Cl)c1. The zero-order valence-electron chi connectivity index (χ0n) is 14.1. The summed E-state index contributed by atoms with van der Waals surface area (Å²) < 4.78 is 13.1. The van der Waals surface area contributed by atoms with Crippen molar-refractivity contribution in [3.05, 3.63) is 64.4 Å². The molecule has 0 bridgehead atoms. The summed E-state index contributed by atoms with van der Waals surface area (Å²) >= 11 is 5.63. The first-order valence-electron chi connectivity index (χ1n) is 7.97. The minimum atomic E-state index is -0.587. The molecule has 2 N–H and O–H groups in total. The number of halogens is 2. The van der Waals surface area contributed by atoms with Gasteiger partial charge in [0.05, 0.1) is 11.6 Å². The molecule has 0 unspecified atom stereocenters. The summed E-state index contributed by atoms with van der Waals surface area (Å²) in [6, 6.07) is 10.9. The molecule has 0 atom stereocenters. The van der Waals surface area contributed by atoms with Crippen LogP contribution in [0.25, 0.3) is 0 Å². The van der Waals surface area contributed by atoms with E-state index in [2.05, 4.69) is 10.6 Å². The number of hydrogen-bond donors (Lipinski definition) is 2. The van der Waals surface area contributed by atoms with Crippen LogP contribution in [0.2, 0.25) is 5.02 Å². The van der Waals surface area contributed by atoms with Crippen LogP contribution in [0.4, 0.5) is 10.1 Å². The number of Topliss-reactive ketones (excluding diaryl/α,β-unsaturated/α-hetero) is 1. The van der Waals surface area contributed by atoms with Crippen molar-refractivity contribution in [2.75, 3.05) is 11.9 Å². The van der Waals surface area contributed by atoms with Crippen LogP contribution in [0, 0.1) is 12.7 Å². The van der Waals surface area contributed by atoms with E-state index in [1.54, 1.807) is 12.1 Å². The van der Waals surface area contributed by atoms with Gasteiger partial charge in [-0.05, 0) is 30.7 Å². The van der Waals surface area contributed by atoms with Crippen molar-refractivity contribution in [2.45, 2.75) is 19.8 Å². The molecule has 0 spiro atoms. The molecule has 0 fully saturated rings. The Morgan fingerprint density at radius 3 is 2.46 bits per heavy atom. The molecule has 7 heteroatoms. The second-order valence-corrected chi connectivity index (χ2v) is 6.10. The van der Waals surface area contributed by atoms with E-state index in [4.69, 9.17) is 11.6 Å². The maximum atomic E-state index is 13.1. The van der Waals surface area contributed by atoms with Crippen molar-refractivity contribution in [1.82, 2.24) is 5.32 Å². The van der Waals surface area contributed by atoms with Crippen LogP contribution in [0.3, 0.4) is 0 Å². The summed E-state index contributed by atoms with van der Waals surface area (Å²) in [5, 5.41) is 4.82. The standard InChI is InChI=1S/C19H18ClFN2O3/c1-12-4-2-3-5-14(12)17(24)8-9-18(25)22-11-19(26)23-13-6-7-16(21)15(20)10-13/h2-7,10H,8-9,11H2,1H3,(H,22,25)(H,23,26). The first kappa shape index (κ1) is 19.6. The highest BCUT2D eigenvalue weighted by Gasteiger charge is 2.12. The first-order valence-corrected chi connectivity index (χ1v) is 8.35. The van der Waals surface area contributed by atoms with Crippen LogP contribution in [-0.4, -0.2) is 24.1 Å². The Kier molecular flexibility index (Phi) is 6.86. The number of rotatable bonds is 7. The molecular formula is C19H18ClFN2O3. The number of anilines is 1. The van der Waals surface area contributed by atoms with E-state index in [-0.39, 0.29) is 30.2 Å². The molecule has 2 amide bonds. The van der Waals surface area contributed by atoms with Gasteiger partial charge in [0.2, 0.25) is 11.8 Å². The van der Waals surface area contributed by atoms with E-state index < -0.39 is 17.6 Å². The lowest BCUT2D eigenvalue weighted by Gasteiger charge is -2.08. The number of ketones is 1. The molecule has 0 radical (unpaired) electrons. The Bertz CT molecular complexity index is 839. The number of amides is 2. The topological polar surface area (TPSA) is 75.3 Å². The molecule has 0 saturated carbocycles. The molecule has 2 aromatic carbocycles. The van der Waals surface area contributed by atoms with E-state index in [9.17, 15) is 18.8 Å². The molecule has 0 heterocycles. The molecule has 136 valence electrons. The summed E-state index contributed by atoms with van der Waals surface area (Å²) in [5.41, 5.74) is 1.77. The van der Waals surface area contributed by atoms with Gasteiger partial charge in [0.15, 0.2) is 5.78 Å². The highest BCUT2D eigenvalue weighted by Crippen LogP contribution is 2.19. The van der Waals surface area contributed by atoms with Gasteiger partial charge in [-0.2, -0.15) is 0 Å². The predicted molar refractivity (Wildman–Crippen MR) is 97.8 cm³/mol. The molecule has 0 aliphatic rings. The van der Waals surface area contributed by atoms with Crippen LogP contribution in [-0.2, 0) is 9.59 Å². The lowest BCUT2D eigenvalue weighted by molar-refractivity contribution is -0.124. The van der Waals surface area contributed by atoms with Gasteiger partial charge in [-0.25, -0.2) is 4.39 Å². The zero-order valence-corrected chi connectivity index (χ0v) is 14.9. The van der Waals surface area contributed by atoms with Crippen LogP contribution in [0.1, 0.15) is 28.8 Å². The zero-order chi connectivity index (χ0) is 19.1. The van der Waals surface area contributed by atoms with Crippen LogP contribution >= 0.6 is 11.6 Å². The first-order chi connectivity index (χ1) is 12.4. The van der Waals surface area contributed by atoms with Crippen molar-refractivity contribution in [2.24, 2.45) is 0 Å². The fourth-order valence-corrected chi connectivity index (χ4v) is 2.47. The largest absolute Gasteiger partial charge is 0.347 e. The van der Waals surface area contributed by atoms with Crippen molar-refractivity contribution < 1.29 is 18.8 Å². The Hall–Kier alpha value is -2.73. The number of carbonyl (C=O) groups excluding carboxylic acids is 3. The lowest BCUT2D eigenvalue weighted by Crippen LogP contribution is -2.33.